The zero-order valence-electron chi connectivity index (χ0n) is 11.9. The molecular weight excluding hydrogens is 282 g/mol. The average molecular weight is 300 g/mol. The minimum Gasteiger partial charge on any atom is -0.435 e. The van der Waals surface area contributed by atoms with Gasteiger partial charge in [-0.15, -0.1) is 0 Å². The second-order valence-corrected chi connectivity index (χ2v) is 5.00. The fourth-order valence-electron chi connectivity index (χ4n) is 2.30. The standard InChI is InChI=1S/C14H18F2N2O3/c1-9-7-18(8-10(2)20-9)14(19)17-11-4-3-5-12(6-11)21-13(15)16/h3-6,9-10,13H,7-8H2,1-2H3,(H,17,19)/t9-,10-/m0/s1. The number of rotatable bonds is 3. The highest BCUT2D eigenvalue weighted by Gasteiger charge is 2.25. The molecule has 5 nitrogen and oxygen atoms in total. The molecule has 1 fully saturated rings. The summed E-state index contributed by atoms with van der Waals surface area (Å²) in [5, 5.41) is 2.67. The van der Waals surface area contributed by atoms with Gasteiger partial charge in [-0.05, 0) is 26.0 Å². The molecule has 0 bridgehead atoms. The number of morpholine rings is 1. The average Bonchev–Trinajstić information content (AvgIpc) is 2.37. The third kappa shape index (κ3) is 4.56. The first kappa shape index (κ1) is 15.5. The van der Waals surface area contributed by atoms with Gasteiger partial charge < -0.3 is 19.7 Å². The van der Waals surface area contributed by atoms with Gasteiger partial charge in [-0.2, -0.15) is 8.78 Å². The molecule has 1 aromatic rings. The van der Waals surface area contributed by atoms with Crippen LogP contribution < -0.4 is 10.1 Å². The number of carbonyl (C=O) groups excluding carboxylic acids is 1. The Bertz CT molecular complexity index is 489. The molecule has 1 aromatic carbocycles. The summed E-state index contributed by atoms with van der Waals surface area (Å²) >= 11 is 0. The van der Waals surface area contributed by atoms with Crippen molar-refractivity contribution in [3.8, 4) is 5.75 Å². The summed E-state index contributed by atoms with van der Waals surface area (Å²) in [6.45, 7) is 1.88. The molecule has 2 atom stereocenters. The first-order valence-corrected chi connectivity index (χ1v) is 6.70. The van der Waals surface area contributed by atoms with Crippen LogP contribution in [0.2, 0.25) is 0 Å². The zero-order valence-corrected chi connectivity index (χ0v) is 11.9. The van der Waals surface area contributed by atoms with E-state index in [9.17, 15) is 13.6 Å². The Morgan fingerprint density at radius 2 is 2.05 bits per heavy atom. The van der Waals surface area contributed by atoms with Crippen LogP contribution in [-0.2, 0) is 4.74 Å². The van der Waals surface area contributed by atoms with Crippen molar-refractivity contribution in [1.82, 2.24) is 4.90 Å². The smallest absolute Gasteiger partial charge is 0.387 e. The molecule has 21 heavy (non-hydrogen) atoms. The fourth-order valence-corrected chi connectivity index (χ4v) is 2.30. The van der Waals surface area contributed by atoms with Crippen molar-refractivity contribution < 1.29 is 23.0 Å². The van der Waals surface area contributed by atoms with Crippen LogP contribution in [0.15, 0.2) is 24.3 Å². The van der Waals surface area contributed by atoms with Crippen molar-refractivity contribution in [1.29, 1.82) is 0 Å². The normalized spacial score (nSPS) is 22.2. The van der Waals surface area contributed by atoms with Gasteiger partial charge in [-0.3, -0.25) is 0 Å². The molecular formula is C14H18F2N2O3. The van der Waals surface area contributed by atoms with Crippen LogP contribution in [0.4, 0.5) is 19.3 Å². The van der Waals surface area contributed by atoms with Crippen LogP contribution in [0, 0.1) is 0 Å². The monoisotopic (exact) mass is 300 g/mol. The van der Waals surface area contributed by atoms with Gasteiger partial charge in [0.05, 0.1) is 12.2 Å². The lowest BCUT2D eigenvalue weighted by Gasteiger charge is -2.35. The minimum atomic E-state index is -2.89. The fraction of sp³-hybridized carbons (Fsp3) is 0.500. The molecule has 116 valence electrons. The zero-order chi connectivity index (χ0) is 15.4. The number of nitrogens with zero attached hydrogens (tertiary/aromatic N) is 1. The lowest BCUT2D eigenvalue weighted by Crippen LogP contribution is -2.49. The van der Waals surface area contributed by atoms with E-state index in [4.69, 9.17) is 4.74 Å². The summed E-state index contributed by atoms with van der Waals surface area (Å²) in [5.41, 5.74) is 0.407. The highest BCUT2D eigenvalue weighted by atomic mass is 19.3. The minimum absolute atomic E-state index is 0.00603. The number of halogens is 2. The number of anilines is 1. The topological polar surface area (TPSA) is 50.8 Å². The van der Waals surface area contributed by atoms with Gasteiger partial charge in [0, 0.05) is 24.8 Å². The molecule has 0 aliphatic carbocycles. The molecule has 7 heteroatoms. The lowest BCUT2D eigenvalue weighted by molar-refractivity contribution is -0.0531. The SMILES string of the molecule is C[C@H]1CN(C(=O)Nc2cccc(OC(F)F)c2)C[C@H](C)O1. The summed E-state index contributed by atoms with van der Waals surface area (Å²) in [6, 6.07) is 5.63. The number of hydrogen-bond acceptors (Lipinski definition) is 3. The molecule has 1 aliphatic heterocycles. The number of urea groups is 1. The lowest BCUT2D eigenvalue weighted by atomic mass is 10.2. The van der Waals surface area contributed by atoms with Crippen LogP contribution >= 0.6 is 0 Å². The van der Waals surface area contributed by atoms with E-state index in [1.165, 1.54) is 18.2 Å². The molecule has 1 saturated heterocycles. The van der Waals surface area contributed by atoms with Crippen LogP contribution in [0.1, 0.15) is 13.8 Å². The maximum absolute atomic E-state index is 12.2. The van der Waals surface area contributed by atoms with E-state index in [-0.39, 0.29) is 24.0 Å². The third-order valence-electron chi connectivity index (χ3n) is 3.02. The number of nitrogens with one attached hydrogen (secondary N) is 1. The summed E-state index contributed by atoms with van der Waals surface area (Å²) in [6.07, 6.45) is -0.0685. The predicted molar refractivity (Wildman–Crippen MR) is 73.7 cm³/mol. The summed E-state index contributed by atoms with van der Waals surface area (Å²) in [7, 11) is 0. The maximum Gasteiger partial charge on any atom is 0.387 e. The van der Waals surface area contributed by atoms with E-state index in [1.54, 1.807) is 11.0 Å². The van der Waals surface area contributed by atoms with Gasteiger partial charge in [0.15, 0.2) is 0 Å². The second kappa shape index (κ2) is 6.71. The Morgan fingerprint density at radius 1 is 1.38 bits per heavy atom. The first-order valence-electron chi connectivity index (χ1n) is 6.70. The van der Waals surface area contributed by atoms with E-state index < -0.39 is 6.61 Å². The number of amides is 2. The van der Waals surface area contributed by atoms with E-state index in [0.717, 1.165) is 0 Å². The van der Waals surface area contributed by atoms with Gasteiger partial charge in [-0.25, -0.2) is 4.79 Å². The Labute approximate surface area is 121 Å². The second-order valence-electron chi connectivity index (χ2n) is 5.00. The molecule has 0 aromatic heterocycles. The summed E-state index contributed by atoms with van der Waals surface area (Å²) in [4.78, 5) is 13.8. The summed E-state index contributed by atoms with van der Waals surface area (Å²) < 4.78 is 34.2. The number of hydrogen-bond donors (Lipinski definition) is 1. The number of alkyl halides is 2. The van der Waals surface area contributed by atoms with Crippen molar-refractivity contribution in [2.75, 3.05) is 18.4 Å². The maximum atomic E-state index is 12.2. The van der Waals surface area contributed by atoms with E-state index >= 15 is 0 Å². The largest absolute Gasteiger partial charge is 0.435 e. The van der Waals surface area contributed by atoms with Gasteiger partial charge >= 0.3 is 12.6 Å². The number of carbonyl (C=O) groups is 1. The molecule has 0 saturated carbocycles. The van der Waals surface area contributed by atoms with Gasteiger partial charge in [0.2, 0.25) is 0 Å². The van der Waals surface area contributed by atoms with Gasteiger partial charge in [0.25, 0.3) is 0 Å². The highest BCUT2D eigenvalue weighted by molar-refractivity contribution is 5.89. The molecule has 2 amide bonds. The van der Waals surface area contributed by atoms with Crippen LogP contribution in [0.3, 0.4) is 0 Å². The van der Waals surface area contributed by atoms with E-state index in [0.29, 0.717) is 18.8 Å². The number of ether oxygens (including phenoxy) is 2. The molecule has 0 spiro atoms. The Kier molecular flexibility index (Phi) is 4.95. The molecule has 1 N–H and O–H groups in total. The van der Waals surface area contributed by atoms with Gasteiger partial charge in [-0.1, -0.05) is 6.07 Å². The van der Waals surface area contributed by atoms with Crippen molar-refractivity contribution in [2.45, 2.75) is 32.7 Å². The number of benzene rings is 1. The molecule has 1 aliphatic rings. The van der Waals surface area contributed by atoms with E-state index in [1.807, 2.05) is 13.8 Å². The molecule has 1 heterocycles. The van der Waals surface area contributed by atoms with Crippen LogP contribution in [0.25, 0.3) is 0 Å². The van der Waals surface area contributed by atoms with Crippen LogP contribution in [-0.4, -0.2) is 42.8 Å². The van der Waals surface area contributed by atoms with Crippen molar-refractivity contribution >= 4 is 11.7 Å². The quantitative estimate of drug-likeness (QED) is 0.933. The van der Waals surface area contributed by atoms with Crippen molar-refractivity contribution in [2.24, 2.45) is 0 Å². The summed E-state index contributed by atoms with van der Waals surface area (Å²) in [5.74, 6) is 0.00603. The Hall–Kier alpha value is -1.89. The molecule has 0 unspecified atom stereocenters. The molecule has 2 rings (SSSR count). The van der Waals surface area contributed by atoms with Crippen LogP contribution in [0.5, 0.6) is 5.75 Å². The molecule has 0 radical (unpaired) electrons. The van der Waals surface area contributed by atoms with Crippen molar-refractivity contribution in [3.63, 3.8) is 0 Å². The van der Waals surface area contributed by atoms with Crippen molar-refractivity contribution in [3.05, 3.63) is 24.3 Å². The first-order chi connectivity index (χ1) is 9.94. The Balaban J connectivity index is 1.99. The third-order valence-corrected chi connectivity index (χ3v) is 3.02. The Morgan fingerprint density at radius 3 is 2.67 bits per heavy atom. The van der Waals surface area contributed by atoms with E-state index in [2.05, 4.69) is 10.1 Å². The predicted octanol–water partition coefficient (Wildman–Crippen LogP) is 2.93. The highest BCUT2D eigenvalue weighted by Crippen LogP contribution is 2.20. The van der Waals surface area contributed by atoms with Gasteiger partial charge in [0.1, 0.15) is 5.75 Å².